The molecule has 1 fully saturated rings. The number of rotatable bonds is 4. The molecule has 24 heavy (non-hydrogen) atoms. The van der Waals surface area contributed by atoms with Crippen LogP contribution in [0.2, 0.25) is 0 Å². The number of nitrogens with zero attached hydrogens (tertiary/aromatic N) is 3. The molecule has 8 heteroatoms. The fourth-order valence-electron chi connectivity index (χ4n) is 2.67. The van der Waals surface area contributed by atoms with Gasteiger partial charge in [0.05, 0.1) is 11.7 Å². The molecule has 1 atom stereocenters. The molecule has 1 aliphatic heterocycles. The zero-order chi connectivity index (χ0) is 17.3. The van der Waals surface area contributed by atoms with Gasteiger partial charge in [-0.2, -0.15) is 4.98 Å². The summed E-state index contributed by atoms with van der Waals surface area (Å²) in [6.45, 7) is 1.14. The van der Waals surface area contributed by atoms with Crippen LogP contribution in [0.1, 0.15) is 5.56 Å². The number of carbonyl (C=O) groups excluding carboxylic acids is 1. The molecular weight excluding hydrogens is 308 g/mol. The van der Waals surface area contributed by atoms with Gasteiger partial charge in [0.2, 0.25) is 5.91 Å². The molecule has 2 aromatic rings. The van der Waals surface area contributed by atoms with E-state index in [9.17, 15) is 9.59 Å². The van der Waals surface area contributed by atoms with Gasteiger partial charge in [-0.1, -0.05) is 12.1 Å². The van der Waals surface area contributed by atoms with Crippen LogP contribution in [0, 0.1) is 0 Å². The number of nitrogens with two attached hydrogens (primary N) is 3. The highest BCUT2D eigenvalue weighted by Gasteiger charge is 2.30. The molecule has 1 aromatic heterocycles. The number of aromatic nitrogens is 2. The standard InChI is InChI=1S/C16H20N6O2/c17-11-8-21(9-11)15(23)13(18)7-10-1-3-12(4-2-10)22-6-5-14(19)20-16(22)24/h1-6,11,13H,7-9,17-18H2,(H2,19,20,24)/t13-/m0/s1. The lowest BCUT2D eigenvalue weighted by Crippen LogP contribution is -2.61. The predicted octanol–water partition coefficient (Wildman–Crippen LogP) is -1.15. The van der Waals surface area contributed by atoms with Crippen molar-refractivity contribution in [2.24, 2.45) is 11.5 Å². The van der Waals surface area contributed by atoms with Crippen molar-refractivity contribution in [3.63, 3.8) is 0 Å². The molecule has 0 bridgehead atoms. The Morgan fingerprint density at radius 1 is 1.25 bits per heavy atom. The first-order valence-corrected chi connectivity index (χ1v) is 7.68. The molecule has 0 unspecified atom stereocenters. The van der Waals surface area contributed by atoms with Gasteiger partial charge in [-0.05, 0) is 30.2 Å². The number of benzene rings is 1. The van der Waals surface area contributed by atoms with Crippen LogP contribution >= 0.6 is 0 Å². The summed E-state index contributed by atoms with van der Waals surface area (Å²) in [6.07, 6.45) is 2.00. The van der Waals surface area contributed by atoms with Crippen molar-refractivity contribution in [2.75, 3.05) is 18.8 Å². The molecule has 1 saturated heterocycles. The summed E-state index contributed by atoms with van der Waals surface area (Å²) in [5.41, 5.74) is 18.3. The number of likely N-dealkylation sites (tertiary alicyclic amines) is 1. The van der Waals surface area contributed by atoms with Crippen LogP contribution in [0.25, 0.3) is 5.69 Å². The van der Waals surface area contributed by atoms with E-state index in [-0.39, 0.29) is 17.8 Å². The highest BCUT2D eigenvalue weighted by Crippen LogP contribution is 2.12. The van der Waals surface area contributed by atoms with Crippen molar-refractivity contribution in [1.29, 1.82) is 0 Å². The topological polar surface area (TPSA) is 133 Å². The van der Waals surface area contributed by atoms with Crippen molar-refractivity contribution in [2.45, 2.75) is 18.5 Å². The van der Waals surface area contributed by atoms with E-state index in [1.807, 2.05) is 12.1 Å². The van der Waals surface area contributed by atoms with Crippen molar-refractivity contribution in [3.05, 3.63) is 52.6 Å². The molecule has 0 saturated carbocycles. The number of nitrogen functional groups attached to an aromatic ring is 1. The van der Waals surface area contributed by atoms with Gasteiger partial charge < -0.3 is 22.1 Å². The lowest BCUT2D eigenvalue weighted by molar-refractivity contribution is -0.136. The average Bonchev–Trinajstić information content (AvgIpc) is 2.52. The van der Waals surface area contributed by atoms with Gasteiger partial charge in [-0.3, -0.25) is 9.36 Å². The van der Waals surface area contributed by atoms with E-state index >= 15 is 0 Å². The van der Waals surface area contributed by atoms with E-state index in [1.54, 1.807) is 29.3 Å². The molecule has 1 aliphatic rings. The molecule has 3 rings (SSSR count). The van der Waals surface area contributed by atoms with Crippen LogP contribution in [0.15, 0.2) is 41.3 Å². The van der Waals surface area contributed by atoms with E-state index < -0.39 is 11.7 Å². The molecule has 0 aliphatic carbocycles. The maximum absolute atomic E-state index is 12.1. The van der Waals surface area contributed by atoms with Crippen molar-refractivity contribution >= 4 is 11.7 Å². The first-order valence-electron chi connectivity index (χ1n) is 7.68. The maximum atomic E-state index is 12.1. The Balaban J connectivity index is 1.68. The lowest BCUT2D eigenvalue weighted by Gasteiger charge is -2.38. The molecule has 126 valence electrons. The van der Waals surface area contributed by atoms with E-state index in [2.05, 4.69) is 4.98 Å². The van der Waals surface area contributed by atoms with Crippen LogP contribution in [0.5, 0.6) is 0 Å². The fraction of sp³-hybridized carbons (Fsp3) is 0.312. The number of hydrogen-bond acceptors (Lipinski definition) is 6. The highest BCUT2D eigenvalue weighted by molar-refractivity contribution is 5.82. The largest absolute Gasteiger partial charge is 0.383 e. The minimum absolute atomic E-state index is 0.0623. The molecule has 8 nitrogen and oxygen atoms in total. The van der Waals surface area contributed by atoms with Crippen LogP contribution in [0.4, 0.5) is 5.82 Å². The third-order valence-corrected chi connectivity index (χ3v) is 4.03. The van der Waals surface area contributed by atoms with Gasteiger partial charge in [-0.25, -0.2) is 4.79 Å². The first kappa shape index (κ1) is 16.2. The summed E-state index contributed by atoms with van der Waals surface area (Å²) in [6, 6.07) is 8.27. The van der Waals surface area contributed by atoms with E-state index in [4.69, 9.17) is 17.2 Å². The molecule has 6 N–H and O–H groups in total. The maximum Gasteiger partial charge on any atom is 0.354 e. The summed E-state index contributed by atoms with van der Waals surface area (Å²) in [5.74, 6) is 0.0998. The number of hydrogen-bond donors (Lipinski definition) is 3. The van der Waals surface area contributed by atoms with Crippen molar-refractivity contribution < 1.29 is 4.79 Å². The van der Waals surface area contributed by atoms with E-state index in [1.165, 1.54) is 4.57 Å². The van der Waals surface area contributed by atoms with Gasteiger partial charge >= 0.3 is 5.69 Å². The Hall–Kier alpha value is -2.71. The molecule has 1 amide bonds. The van der Waals surface area contributed by atoms with Crippen LogP contribution in [0.3, 0.4) is 0 Å². The number of amides is 1. The molecule has 0 radical (unpaired) electrons. The smallest absolute Gasteiger partial charge is 0.354 e. The first-order chi connectivity index (χ1) is 11.4. The second-order valence-corrected chi connectivity index (χ2v) is 5.99. The Labute approximate surface area is 138 Å². The average molecular weight is 328 g/mol. The SMILES string of the molecule is Nc1ccn(-c2ccc(C[C@H](N)C(=O)N3CC(N)C3)cc2)c(=O)n1. The van der Waals surface area contributed by atoms with Gasteiger partial charge in [0.1, 0.15) is 5.82 Å². The Morgan fingerprint density at radius 3 is 2.50 bits per heavy atom. The lowest BCUT2D eigenvalue weighted by atomic mass is 10.0. The number of anilines is 1. The van der Waals surface area contributed by atoms with Crippen LogP contribution in [-0.4, -0.2) is 45.5 Å². The molecule has 0 spiro atoms. The summed E-state index contributed by atoms with van der Waals surface area (Å²) >= 11 is 0. The minimum Gasteiger partial charge on any atom is -0.383 e. The third kappa shape index (κ3) is 3.29. The molecule has 1 aromatic carbocycles. The quantitative estimate of drug-likeness (QED) is 0.649. The van der Waals surface area contributed by atoms with Crippen LogP contribution < -0.4 is 22.9 Å². The zero-order valence-electron chi connectivity index (χ0n) is 13.1. The monoisotopic (exact) mass is 328 g/mol. The van der Waals surface area contributed by atoms with E-state index in [0.717, 1.165) is 5.56 Å². The number of carbonyl (C=O) groups is 1. The van der Waals surface area contributed by atoms with Crippen molar-refractivity contribution in [3.8, 4) is 5.69 Å². The van der Waals surface area contributed by atoms with E-state index in [0.29, 0.717) is 25.2 Å². The second kappa shape index (κ2) is 6.42. The Morgan fingerprint density at radius 2 is 1.92 bits per heavy atom. The summed E-state index contributed by atoms with van der Waals surface area (Å²) in [4.78, 5) is 29.3. The molecule has 2 heterocycles. The Kier molecular flexibility index (Phi) is 4.32. The highest BCUT2D eigenvalue weighted by atomic mass is 16.2. The zero-order valence-corrected chi connectivity index (χ0v) is 13.1. The van der Waals surface area contributed by atoms with Gasteiger partial charge in [0.25, 0.3) is 0 Å². The summed E-state index contributed by atoms with van der Waals surface area (Å²) in [7, 11) is 0. The normalized spacial score (nSPS) is 15.8. The van der Waals surface area contributed by atoms with Crippen molar-refractivity contribution in [1.82, 2.24) is 14.5 Å². The predicted molar refractivity (Wildman–Crippen MR) is 90.5 cm³/mol. The van der Waals surface area contributed by atoms with Gasteiger partial charge in [-0.15, -0.1) is 0 Å². The summed E-state index contributed by atoms with van der Waals surface area (Å²) < 4.78 is 1.40. The van der Waals surface area contributed by atoms with Crippen LogP contribution in [-0.2, 0) is 11.2 Å². The minimum atomic E-state index is -0.593. The fourth-order valence-corrected chi connectivity index (χ4v) is 2.67. The Bertz CT molecular complexity index is 795. The second-order valence-electron chi connectivity index (χ2n) is 5.99. The summed E-state index contributed by atoms with van der Waals surface area (Å²) in [5, 5.41) is 0. The third-order valence-electron chi connectivity index (χ3n) is 4.03. The molecular formula is C16H20N6O2. The van der Waals surface area contributed by atoms with Gasteiger partial charge in [0.15, 0.2) is 0 Å². The van der Waals surface area contributed by atoms with Gasteiger partial charge in [0, 0.05) is 25.3 Å².